The number of nitrogens with zero attached hydrogens (tertiary/aromatic N) is 2. The molecule has 12 heteroatoms. The van der Waals surface area contributed by atoms with E-state index in [1.165, 1.54) is 48.5 Å². The lowest BCUT2D eigenvalue weighted by Gasteiger charge is -2.18. The van der Waals surface area contributed by atoms with E-state index in [9.17, 15) is 26.8 Å². The van der Waals surface area contributed by atoms with Crippen molar-refractivity contribution in [3.63, 3.8) is 0 Å². The Labute approximate surface area is 194 Å². The Morgan fingerprint density at radius 2 is 1.85 bits per heavy atom. The van der Waals surface area contributed by atoms with Crippen molar-refractivity contribution in [1.82, 2.24) is 15.1 Å². The van der Waals surface area contributed by atoms with Crippen LogP contribution in [0.25, 0.3) is 5.69 Å². The molecule has 0 saturated heterocycles. The van der Waals surface area contributed by atoms with Crippen molar-refractivity contribution >= 4 is 21.6 Å². The van der Waals surface area contributed by atoms with Gasteiger partial charge in [0.05, 0.1) is 23.7 Å². The largest absolute Gasteiger partial charge is 0.390 e. The topological polar surface area (TPSA) is 130 Å². The summed E-state index contributed by atoms with van der Waals surface area (Å²) in [5, 5.41) is 15.6. The predicted molar refractivity (Wildman–Crippen MR) is 122 cm³/mol. The number of hydrogen-bond donors (Lipinski definition) is 3. The average molecular weight is 493 g/mol. The highest BCUT2D eigenvalue weighted by Gasteiger charge is 2.31. The maximum absolute atomic E-state index is 13.8. The molecule has 0 radical (unpaired) electrons. The van der Waals surface area contributed by atoms with Crippen molar-refractivity contribution < 1.29 is 27.1 Å². The molecule has 0 saturated carbocycles. The Morgan fingerprint density at radius 3 is 2.53 bits per heavy atom. The van der Waals surface area contributed by atoms with Gasteiger partial charge in [0, 0.05) is 11.6 Å². The first-order chi connectivity index (χ1) is 15.9. The Bertz CT molecular complexity index is 1380. The van der Waals surface area contributed by atoms with Gasteiger partial charge in [0.2, 0.25) is 10.0 Å². The summed E-state index contributed by atoms with van der Waals surface area (Å²) >= 11 is 0. The molecule has 0 aliphatic rings. The van der Waals surface area contributed by atoms with E-state index in [1.807, 2.05) is 0 Å². The summed E-state index contributed by atoms with van der Waals surface area (Å²) < 4.78 is 53.8. The summed E-state index contributed by atoms with van der Waals surface area (Å²) in [7, 11) is -3.54. The van der Waals surface area contributed by atoms with Gasteiger partial charge >= 0.3 is 0 Å². The number of rotatable bonds is 8. The second-order valence-electron chi connectivity index (χ2n) is 7.58. The van der Waals surface area contributed by atoms with Gasteiger partial charge in [-0.15, -0.1) is 0 Å². The smallest absolute Gasteiger partial charge is 0.295 e. The fourth-order valence-electron chi connectivity index (χ4n) is 3.11. The van der Waals surface area contributed by atoms with Crippen LogP contribution < -0.4 is 15.6 Å². The number of anilines is 1. The molecule has 0 aliphatic heterocycles. The van der Waals surface area contributed by atoms with Gasteiger partial charge in [-0.3, -0.25) is 14.3 Å². The molecule has 34 heavy (non-hydrogen) atoms. The monoisotopic (exact) mass is 492 g/mol. The second kappa shape index (κ2) is 9.69. The number of aliphatic hydroxyl groups is 1. The lowest BCUT2D eigenvalue weighted by molar-refractivity contribution is -0.0556. The fraction of sp³-hybridized carbons (Fsp3) is 0.227. The molecule has 180 valence electrons. The minimum Gasteiger partial charge on any atom is -0.390 e. The van der Waals surface area contributed by atoms with Gasteiger partial charge in [0.25, 0.3) is 17.4 Å². The average Bonchev–Trinajstić information content (AvgIpc) is 2.78. The van der Waals surface area contributed by atoms with Crippen molar-refractivity contribution in [2.45, 2.75) is 18.9 Å². The molecule has 3 aromatic rings. The number of aromatic nitrogens is 2. The zero-order valence-corrected chi connectivity index (χ0v) is 19.0. The SMILES string of the molecule is C[C@@H](NC(=O)c1ccc(=O)n(-c2cccc(NS(C)(=O)=O)c2)n1)c1cccc(C(F)(F)CO)c1. The van der Waals surface area contributed by atoms with Gasteiger partial charge in [0.1, 0.15) is 12.3 Å². The number of carbonyl (C=O) groups is 1. The van der Waals surface area contributed by atoms with E-state index in [-0.39, 0.29) is 22.6 Å². The van der Waals surface area contributed by atoms with Crippen LogP contribution in [0.1, 0.15) is 34.6 Å². The molecule has 9 nitrogen and oxygen atoms in total. The van der Waals surface area contributed by atoms with E-state index in [0.717, 1.165) is 17.0 Å². The molecule has 0 fully saturated rings. The minimum absolute atomic E-state index is 0.121. The summed E-state index contributed by atoms with van der Waals surface area (Å²) in [4.78, 5) is 25.1. The number of halogens is 2. The van der Waals surface area contributed by atoms with Gasteiger partial charge < -0.3 is 10.4 Å². The molecule has 1 amide bonds. The molecule has 0 spiro atoms. The van der Waals surface area contributed by atoms with Crippen LogP contribution in [0.15, 0.2) is 65.5 Å². The highest BCUT2D eigenvalue weighted by molar-refractivity contribution is 7.92. The number of aliphatic hydroxyl groups excluding tert-OH is 1. The maximum atomic E-state index is 13.8. The third-order valence-electron chi connectivity index (χ3n) is 4.78. The van der Waals surface area contributed by atoms with Gasteiger partial charge in [-0.2, -0.15) is 18.6 Å². The molecular weight excluding hydrogens is 470 g/mol. The molecular formula is C22H22F2N4O5S. The molecule has 3 N–H and O–H groups in total. The normalized spacial score (nSPS) is 12.7. The summed E-state index contributed by atoms with van der Waals surface area (Å²) in [6.45, 7) is 0.244. The quantitative estimate of drug-likeness (QED) is 0.442. The van der Waals surface area contributed by atoms with Crippen molar-refractivity contribution in [2.75, 3.05) is 17.6 Å². The van der Waals surface area contributed by atoms with E-state index in [2.05, 4.69) is 15.1 Å². The van der Waals surface area contributed by atoms with Crippen molar-refractivity contribution in [3.05, 3.63) is 87.8 Å². The van der Waals surface area contributed by atoms with Crippen LogP contribution in [-0.4, -0.2) is 42.1 Å². The van der Waals surface area contributed by atoms with E-state index in [1.54, 1.807) is 13.0 Å². The summed E-state index contributed by atoms with van der Waals surface area (Å²) in [5.74, 6) is -4.08. The molecule has 1 atom stereocenters. The summed E-state index contributed by atoms with van der Waals surface area (Å²) in [6, 6.07) is 12.9. The van der Waals surface area contributed by atoms with Gasteiger partial charge in [-0.1, -0.05) is 24.3 Å². The van der Waals surface area contributed by atoms with Gasteiger partial charge in [-0.25, -0.2) is 8.42 Å². The molecule has 0 bridgehead atoms. The zero-order chi connectivity index (χ0) is 25.1. The molecule has 0 aliphatic carbocycles. The molecule has 3 rings (SSSR count). The lowest BCUT2D eigenvalue weighted by atomic mass is 10.0. The lowest BCUT2D eigenvalue weighted by Crippen LogP contribution is -2.31. The minimum atomic E-state index is -3.54. The number of carbonyl (C=O) groups excluding carboxylic acids is 1. The first-order valence-corrected chi connectivity index (χ1v) is 11.9. The third kappa shape index (κ3) is 6.02. The van der Waals surface area contributed by atoms with E-state index in [4.69, 9.17) is 5.11 Å². The zero-order valence-electron chi connectivity index (χ0n) is 18.2. The Balaban J connectivity index is 1.85. The molecule has 2 aromatic carbocycles. The van der Waals surface area contributed by atoms with E-state index in [0.29, 0.717) is 5.56 Å². The second-order valence-corrected chi connectivity index (χ2v) is 9.32. The first kappa shape index (κ1) is 25.0. The summed E-state index contributed by atoms with van der Waals surface area (Å²) in [6.07, 6.45) is 0.983. The van der Waals surface area contributed by atoms with Crippen LogP contribution in [0.3, 0.4) is 0 Å². The number of alkyl halides is 2. The Hall–Kier alpha value is -3.64. The summed E-state index contributed by atoms with van der Waals surface area (Å²) in [5.41, 5.74) is -0.253. The predicted octanol–water partition coefficient (Wildman–Crippen LogP) is 2.18. The van der Waals surface area contributed by atoms with Gasteiger partial charge in [-0.05, 0) is 42.8 Å². The van der Waals surface area contributed by atoms with Crippen molar-refractivity contribution in [1.29, 1.82) is 0 Å². The van der Waals surface area contributed by atoms with Crippen LogP contribution in [0.5, 0.6) is 0 Å². The Morgan fingerprint density at radius 1 is 1.15 bits per heavy atom. The fourth-order valence-corrected chi connectivity index (χ4v) is 3.67. The number of amides is 1. The van der Waals surface area contributed by atoms with Crippen LogP contribution in [0.2, 0.25) is 0 Å². The number of sulfonamides is 1. The van der Waals surface area contributed by atoms with E-state index >= 15 is 0 Å². The highest BCUT2D eigenvalue weighted by Crippen LogP contribution is 2.29. The molecule has 1 heterocycles. The maximum Gasteiger partial charge on any atom is 0.295 e. The van der Waals surface area contributed by atoms with Crippen LogP contribution in [0, 0.1) is 0 Å². The molecule has 1 aromatic heterocycles. The van der Waals surface area contributed by atoms with Crippen molar-refractivity contribution in [3.8, 4) is 5.69 Å². The van der Waals surface area contributed by atoms with Crippen LogP contribution >= 0.6 is 0 Å². The van der Waals surface area contributed by atoms with E-state index < -0.39 is 40.1 Å². The standard InChI is InChI=1S/C22H22F2N4O5S/c1-14(15-5-3-6-16(11-15)22(23,24)13-29)25-21(31)19-9-10-20(30)28(26-19)18-8-4-7-17(12-18)27-34(2,32)33/h3-12,14,27,29H,13H2,1-2H3,(H,25,31)/t14-/m1/s1. The number of nitrogens with one attached hydrogen (secondary N) is 2. The number of benzene rings is 2. The molecule has 0 unspecified atom stereocenters. The van der Waals surface area contributed by atoms with Crippen molar-refractivity contribution in [2.24, 2.45) is 0 Å². The first-order valence-electron chi connectivity index (χ1n) is 9.98. The highest BCUT2D eigenvalue weighted by atomic mass is 32.2. The van der Waals surface area contributed by atoms with Gasteiger partial charge in [0.15, 0.2) is 0 Å². The van der Waals surface area contributed by atoms with Crippen LogP contribution in [-0.2, 0) is 15.9 Å². The Kier molecular flexibility index (Phi) is 7.12. The van der Waals surface area contributed by atoms with Crippen LogP contribution in [0.4, 0.5) is 14.5 Å². The third-order valence-corrected chi connectivity index (χ3v) is 5.39. The number of hydrogen-bond acceptors (Lipinski definition) is 6.